The molecule has 1 atom stereocenters. The zero-order valence-electron chi connectivity index (χ0n) is 14.0. The van der Waals surface area contributed by atoms with Gasteiger partial charge in [-0.1, -0.05) is 42.4 Å². The molecular formula is C19H23N3O2. The van der Waals surface area contributed by atoms with Gasteiger partial charge in [-0.05, 0) is 30.9 Å². The van der Waals surface area contributed by atoms with E-state index in [4.69, 9.17) is 4.52 Å². The van der Waals surface area contributed by atoms with E-state index < -0.39 is 0 Å². The largest absolute Gasteiger partial charge is 0.339 e. The van der Waals surface area contributed by atoms with Crippen LogP contribution in [-0.4, -0.2) is 34.0 Å². The van der Waals surface area contributed by atoms with Crippen LogP contribution in [0.3, 0.4) is 0 Å². The number of aromatic nitrogens is 2. The van der Waals surface area contributed by atoms with Gasteiger partial charge in [-0.3, -0.25) is 4.79 Å². The Morgan fingerprint density at radius 2 is 2.21 bits per heavy atom. The van der Waals surface area contributed by atoms with Gasteiger partial charge in [0.2, 0.25) is 11.8 Å². The molecule has 1 aliphatic heterocycles. The number of amides is 1. The van der Waals surface area contributed by atoms with Gasteiger partial charge in [-0.2, -0.15) is 4.98 Å². The van der Waals surface area contributed by atoms with Crippen molar-refractivity contribution in [2.24, 2.45) is 0 Å². The second-order valence-corrected chi connectivity index (χ2v) is 6.17. The highest BCUT2D eigenvalue weighted by Crippen LogP contribution is 2.26. The summed E-state index contributed by atoms with van der Waals surface area (Å²) >= 11 is 0. The summed E-state index contributed by atoms with van der Waals surface area (Å²) in [4.78, 5) is 18.8. The number of nitrogens with zero attached hydrogens (tertiary/aromatic N) is 3. The topological polar surface area (TPSA) is 59.2 Å². The van der Waals surface area contributed by atoms with Crippen molar-refractivity contribution in [1.82, 2.24) is 15.0 Å². The fourth-order valence-electron chi connectivity index (χ4n) is 2.97. The summed E-state index contributed by atoms with van der Waals surface area (Å²) in [5.41, 5.74) is 1.03. The Bertz CT molecular complexity index is 694. The zero-order chi connectivity index (χ0) is 16.8. The van der Waals surface area contributed by atoms with E-state index in [1.54, 1.807) is 6.08 Å². The molecule has 0 spiro atoms. The fourth-order valence-corrected chi connectivity index (χ4v) is 2.97. The third kappa shape index (κ3) is 4.10. The number of rotatable bonds is 5. The summed E-state index contributed by atoms with van der Waals surface area (Å²) < 4.78 is 5.40. The van der Waals surface area contributed by atoms with E-state index in [2.05, 4.69) is 17.1 Å². The van der Waals surface area contributed by atoms with Crippen LogP contribution in [-0.2, 0) is 11.2 Å². The fraction of sp³-hybridized carbons (Fsp3) is 0.421. The van der Waals surface area contributed by atoms with Crippen LogP contribution in [0.5, 0.6) is 0 Å². The first-order valence-electron chi connectivity index (χ1n) is 8.60. The highest BCUT2D eigenvalue weighted by atomic mass is 16.5. The molecular weight excluding hydrogens is 302 g/mol. The van der Waals surface area contributed by atoms with Crippen LogP contribution >= 0.6 is 0 Å². The van der Waals surface area contributed by atoms with E-state index in [0.717, 1.165) is 43.6 Å². The van der Waals surface area contributed by atoms with E-state index in [-0.39, 0.29) is 11.8 Å². The minimum atomic E-state index is 0.0388. The SMILES string of the molecule is CCCc1noc(C2CCCN(C(=O)C=Cc3ccccc3)C2)n1. The second-order valence-electron chi connectivity index (χ2n) is 6.17. The van der Waals surface area contributed by atoms with E-state index in [9.17, 15) is 4.79 Å². The van der Waals surface area contributed by atoms with Crippen LogP contribution in [0, 0.1) is 0 Å². The molecule has 1 fully saturated rings. The van der Waals surface area contributed by atoms with Gasteiger partial charge < -0.3 is 9.42 Å². The molecule has 0 bridgehead atoms. The lowest BCUT2D eigenvalue weighted by molar-refractivity contribution is -0.127. The van der Waals surface area contributed by atoms with Crippen molar-refractivity contribution in [3.8, 4) is 0 Å². The number of aryl methyl sites for hydroxylation is 1. The minimum Gasteiger partial charge on any atom is -0.339 e. The number of likely N-dealkylation sites (tertiary alicyclic amines) is 1. The van der Waals surface area contributed by atoms with Gasteiger partial charge >= 0.3 is 0 Å². The quantitative estimate of drug-likeness (QED) is 0.790. The molecule has 0 aliphatic carbocycles. The standard InChI is InChI=1S/C19H23N3O2/c1-2-7-17-20-19(24-21-17)16-10-6-13-22(14-16)18(23)12-11-15-8-4-3-5-9-15/h3-5,8-9,11-12,16H,2,6-7,10,13-14H2,1H3. The Balaban J connectivity index is 1.62. The molecule has 0 N–H and O–H groups in total. The van der Waals surface area contributed by atoms with Gasteiger partial charge in [-0.15, -0.1) is 0 Å². The summed E-state index contributed by atoms with van der Waals surface area (Å²) in [7, 11) is 0. The van der Waals surface area contributed by atoms with Crippen LogP contribution in [0.4, 0.5) is 0 Å². The van der Waals surface area contributed by atoms with Crippen molar-refractivity contribution >= 4 is 12.0 Å². The Kier molecular flexibility index (Phi) is 5.41. The van der Waals surface area contributed by atoms with Gasteiger partial charge in [0.25, 0.3) is 0 Å². The van der Waals surface area contributed by atoms with E-state index in [1.807, 2.05) is 41.3 Å². The van der Waals surface area contributed by atoms with Gasteiger partial charge in [0.1, 0.15) is 0 Å². The van der Waals surface area contributed by atoms with E-state index >= 15 is 0 Å². The van der Waals surface area contributed by atoms with E-state index in [0.29, 0.717) is 12.4 Å². The Morgan fingerprint density at radius 1 is 1.38 bits per heavy atom. The average Bonchev–Trinajstić information content (AvgIpc) is 3.10. The maximum absolute atomic E-state index is 12.4. The van der Waals surface area contributed by atoms with Gasteiger partial charge in [0.05, 0.1) is 5.92 Å². The maximum atomic E-state index is 12.4. The molecule has 2 heterocycles. The number of carbonyl (C=O) groups is 1. The van der Waals surface area contributed by atoms with Crippen LogP contribution in [0.25, 0.3) is 6.08 Å². The number of piperidine rings is 1. The highest BCUT2D eigenvalue weighted by molar-refractivity contribution is 5.91. The van der Waals surface area contributed by atoms with Crippen molar-refractivity contribution in [3.05, 3.63) is 53.7 Å². The molecule has 24 heavy (non-hydrogen) atoms. The predicted molar refractivity (Wildman–Crippen MR) is 92.3 cm³/mol. The molecule has 0 saturated carbocycles. The number of benzene rings is 1. The predicted octanol–water partition coefficient (Wildman–Crippen LogP) is 3.44. The van der Waals surface area contributed by atoms with Gasteiger partial charge in [0.15, 0.2) is 5.82 Å². The lowest BCUT2D eigenvalue weighted by Gasteiger charge is -2.30. The molecule has 0 radical (unpaired) electrons. The molecule has 1 aromatic heterocycles. The van der Waals surface area contributed by atoms with Crippen LogP contribution in [0.1, 0.15) is 49.4 Å². The Hall–Kier alpha value is -2.43. The molecule has 1 unspecified atom stereocenters. The smallest absolute Gasteiger partial charge is 0.246 e. The van der Waals surface area contributed by atoms with E-state index in [1.165, 1.54) is 0 Å². The minimum absolute atomic E-state index is 0.0388. The zero-order valence-corrected chi connectivity index (χ0v) is 14.0. The van der Waals surface area contributed by atoms with Crippen LogP contribution in [0.2, 0.25) is 0 Å². The average molecular weight is 325 g/mol. The third-order valence-electron chi connectivity index (χ3n) is 4.26. The molecule has 2 aromatic rings. The van der Waals surface area contributed by atoms with Gasteiger partial charge in [0, 0.05) is 25.6 Å². The summed E-state index contributed by atoms with van der Waals surface area (Å²) in [6.07, 6.45) is 7.28. The molecule has 3 rings (SSSR count). The van der Waals surface area contributed by atoms with Crippen molar-refractivity contribution in [2.75, 3.05) is 13.1 Å². The Labute approximate surface area is 142 Å². The summed E-state index contributed by atoms with van der Waals surface area (Å²) in [5.74, 6) is 1.62. The van der Waals surface area contributed by atoms with Crippen molar-refractivity contribution < 1.29 is 9.32 Å². The van der Waals surface area contributed by atoms with Crippen LogP contribution in [0.15, 0.2) is 40.9 Å². The lowest BCUT2D eigenvalue weighted by Crippen LogP contribution is -2.38. The molecule has 5 nitrogen and oxygen atoms in total. The number of hydrogen-bond donors (Lipinski definition) is 0. The van der Waals surface area contributed by atoms with Crippen molar-refractivity contribution in [2.45, 2.75) is 38.5 Å². The third-order valence-corrected chi connectivity index (χ3v) is 4.26. The summed E-state index contributed by atoms with van der Waals surface area (Å²) in [6.45, 7) is 3.52. The molecule has 1 aliphatic rings. The van der Waals surface area contributed by atoms with Crippen molar-refractivity contribution in [1.29, 1.82) is 0 Å². The van der Waals surface area contributed by atoms with Crippen LogP contribution < -0.4 is 0 Å². The first-order valence-corrected chi connectivity index (χ1v) is 8.60. The molecule has 1 aromatic carbocycles. The van der Waals surface area contributed by atoms with Gasteiger partial charge in [-0.25, -0.2) is 0 Å². The molecule has 1 amide bonds. The first-order chi connectivity index (χ1) is 11.8. The summed E-state index contributed by atoms with van der Waals surface area (Å²) in [5, 5.41) is 4.02. The lowest BCUT2D eigenvalue weighted by atomic mass is 9.98. The maximum Gasteiger partial charge on any atom is 0.246 e. The Morgan fingerprint density at radius 3 is 3.00 bits per heavy atom. The number of hydrogen-bond acceptors (Lipinski definition) is 4. The molecule has 5 heteroatoms. The molecule has 126 valence electrons. The monoisotopic (exact) mass is 325 g/mol. The normalized spacial score (nSPS) is 18.2. The first kappa shape index (κ1) is 16.4. The van der Waals surface area contributed by atoms with Crippen molar-refractivity contribution in [3.63, 3.8) is 0 Å². The second kappa shape index (κ2) is 7.90. The summed E-state index contributed by atoms with van der Waals surface area (Å²) in [6, 6.07) is 9.85. The number of carbonyl (C=O) groups excluding carboxylic acids is 1. The highest BCUT2D eigenvalue weighted by Gasteiger charge is 2.27. The molecule has 1 saturated heterocycles.